The van der Waals surface area contributed by atoms with E-state index in [1.54, 1.807) is 4.90 Å². The largest absolute Gasteiger partial charge is 0.465 e. The Kier molecular flexibility index (Phi) is 2.50. The van der Waals surface area contributed by atoms with Gasteiger partial charge >= 0.3 is 6.09 Å². The summed E-state index contributed by atoms with van der Waals surface area (Å²) < 4.78 is 1.06. The average molecular weight is 297 g/mol. The van der Waals surface area contributed by atoms with Crippen molar-refractivity contribution in [1.82, 2.24) is 4.90 Å². The van der Waals surface area contributed by atoms with Crippen LogP contribution in [0, 0.1) is 0 Å². The SMILES string of the molecule is O=C(O)N1C[C@@H]2C[C@H]1CN2c1cccc(Br)c1. The van der Waals surface area contributed by atoms with Crippen molar-refractivity contribution in [2.45, 2.75) is 18.5 Å². The maximum absolute atomic E-state index is 11.0. The Morgan fingerprint density at radius 2 is 2.18 bits per heavy atom. The van der Waals surface area contributed by atoms with Crippen molar-refractivity contribution < 1.29 is 9.90 Å². The molecule has 2 atom stereocenters. The van der Waals surface area contributed by atoms with Gasteiger partial charge in [0.05, 0.1) is 6.04 Å². The molecule has 2 aliphatic rings. The van der Waals surface area contributed by atoms with Crippen LogP contribution >= 0.6 is 15.9 Å². The summed E-state index contributed by atoms with van der Waals surface area (Å²) in [5.41, 5.74) is 1.18. The topological polar surface area (TPSA) is 43.8 Å². The number of nitrogens with zero attached hydrogens (tertiary/aromatic N) is 2. The minimum atomic E-state index is -0.786. The molecule has 2 bridgehead atoms. The minimum Gasteiger partial charge on any atom is -0.465 e. The number of likely N-dealkylation sites (tertiary alicyclic amines) is 1. The van der Waals surface area contributed by atoms with E-state index in [9.17, 15) is 4.79 Å². The van der Waals surface area contributed by atoms with Crippen LogP contribution < -0.4 is 4.90 Å². The first-order chi connectivity index (χ1) is 8.15. The van der Waals surface area contributed by atoms with Gasteiger partial charge in [-0.15, -0.1) is 0 Å². The highest BCUT2D eigenvalue weighted by Crippen LogP contribution is 2.35. The highest BCUT2D eigenvalue weighted by molar-refractivity contribution is 9.10. The third kappa shape index (κ3) is 1.78. The number of anilines is 1. The molecule has 0 unspecified atom stereocenters. The van der Waals surface area contributed by atoms with Crippen LogP contribution in [0.15, 0.2) is 28.7 Å². The molecule has 0 aliphatic carbocycles. The van der Waals surface area contributed by atoms with Gasteiger partial charge < -0.3 is 14.9 Å². The first-order valence-electron chi connectivity index (χ1n) is 5.67. The average Bonchev–Trinajstić information content (AvgIpc) is 2.87. The lowest BCUT2D eigenvalue weighted by molar-refractivity contribution is 0.137. The number of halogens is 1. The highest BCUT2D eigenvalue weighted by Gasteiger charge is 2.45. The Bertz CT molecular complexity index is 466. The smallest absolute Gasteiger partial charge is 0.407 e. The second kappa shape index (κ2) is 3.91. The molecule has 1 aromatic carbocycles. The maximum atomic E-state index is 11.0. The van der Waals surface area contributed by atoms with Crippen LogP contribution in [0.4, 0.5) is 10.5 Å². The van der Waals surface area contributed by atoms with E-state index in [0.717, 1.165) is 17.4 Å². The zero-order valence-electron chi connectivity index (χ0n) is 9.21. The van der Waals surface area contributed by atoms with Gasteiger partial charge in [0, 0.05) is 29.3 Å². The van der Waals surface area contributed by atoms with Crippen molar-refractivity contribution in [3.63, 3.8) is 0 Å². The summed E-state index contributed by atoms with van der Waals surface area (Å²) in [6, 6.07) is 8.69. The predicted molar refractivity (Wildman–Crippen MR) is 68.4 cm³/mol. The molecule has 2 aliphatic heterocycles. The fraction of sp³-hybridized carbons (Fsp3) is 0.417. The first kappa shape index (κ1) is 10.9. The summed E-state index contributed by atoms with van der Waals surface area (Å²) in [5, 5.41) is 9.04. The van der Waals surface area contributed by atoms with Gasteiger partial charge in [-0.25, -0.2) is 4.79 Å². The summed E-state index contributed by atoms with van der Waals surface area (Å²) in [6.07, 6.45) is 0.171. The summed E-state index contributed by atoms with van der Waals surface area (Å²) in [7, 11) is 0. The van der Waals surface area contributed by atoms with Gasteiger partial charge in [0.1, 0.15) is 0 Å². The zero-order chi connectivity index (χ0) is 12.0. The molecule has 17 heavy (non-hydrogen) atoms. The van der Waals surface area contributed by atoms with E-state index in [1.807, 2.05) is 12.1 Å². The van der Waals surface area contributed by atoms with Crippen molar-refractivity contribution >= 4 is 27.7 Å². The molecule has 3 rings (SSSR count). The van der Waals surface area contributed by atoms with Crippen molar-refractivity contribution in [3.05, 3.63) is 28.7 Å². The highest BCUT2D eigenvalue weighted by atomic mass is 79.9. The molecule has 2 saturated heterocycles. The zero-order valence-corrected chi connectivity index (χ0v) is 10.8. The molecule has 1 aromatic rings. The third-order valence-corrected chi connectivity index (χ3v) is 4.12. The van der Waals surface area contributed by atoms with Gasteiger partial charge in [0.25, 0.3) is 0 Å². The molecule has 1 N–H and O–H groups in total. The second-order valence-electron chi connectivity index (χ2n) is 4.61. The van der Waals surface area contributed by atoms with E-state index >= 15 is 0 Å². The maximum Gasteiger partial charge on any atom is 0.407 e. The molecule has 4 nitrogen and oxygen atoms in total. The van der Waals surface area contributed by atoms with Crippen molar-refractivity contribution in [2.24, 2.45) is 0 Å². The number of benzene rings is 1. The van der Waals surface area contributed by atoms with Gasteiger partial charge in [0.2, 0.25) is 0 Å². The lowest BCUT2D eigenvalue weighted by Gasteiger charge is -2.34. The normalized spacial score (nSPS) is 26.6. The van der Waals surface area contributed by atoms with Gasteiger partial charge in [-0.3, -0.25) is 0 Å². The van der Waals surface area contributed by atoms with E-state index in [4.69, 9.17) is 5.11 Å². The number of hydrogen-bond acceptors (Lipinski definition) is 2. The van der Waals surface area contributed by atoms with Crippen LogP contribution in [-0.4, -0.2) is 41.3 Å². The van der Waals surface area contributed by atoms with Crippen molar-refractivity contribution in [1.29, 1.82) is 0 Å². The number of piperazine rings is 1. The molecule has 5 heteroatoms. The summed E-state index contributed by atoms with van der Waals surface area (Å²) in [6.45, 7) is 1.44. The van der Waals surface area contributed by atoms with Crippen molar-refractivity contribution in [2.75, 3.05) is 18.0 Å². The van der Waals surface area contributed by atoms with E-state index in [0.29, 0.717) is 12.6 Å². The lowest BCUT2D eigenvalue weighted by atomic mass is 10.2. The standard InChI is InChI=1S/C12H13BrN2O2/c13-8-2-1-3-9(4-8)14-6-11-5-10(14)7-15(11)12(16)17/h1-4,10-11H,5-7H2,(H,16,17)/t10-,11-/m0/s1. The molecular weight excluding hydrogens is 284 g/mol. The number of carbonyl (C=O) groups is 1. The molecule has 90 valence electrons. The summed E-state index contributed by atoms with van der Waals surface area (Å²) in [5.74, 6) is 0. The molecule has 0 saturated carbocycles. The molecule has 0 spiro atoms. The van der Waals surface area contributed by atoms with E-state index < -0.39 is 6.09 Å². The quantitative estimate of drug-likeness (QED) is 0.865. The summed E-state index contributed by atoms with van der Waals surface area (Å²) >= 11 is 3.47. The van der Waals surface area contributed by atoms with E-state index in [-0.39, 0.29) is 6.04 Å². The molecule has 1 amide bonds. The fourth-order valence-electron chi connectivity index (χ4n) is 2.87. The number of amides is 1. The molecular formula is C12H13BrN2O2. The van der Waals surface area contributed by atoms with Crippen LogP contribution in [0.1, 0.15) is 6.42 Å². The first-order valence-corrected chi connectivity index (χ1v) is 6.46. The van der Waals surface area contributed by atoms with E-state index in [2.05, 4.69) is 33.0 Å². The number of carboxylic acid groups (broad SMARTS) is 1. The number of rotatable bonds is 1. The lowest BCUT2D eigenvalue weighted by Crippen LogP contribution is -2.48. The van der Waals surface area contributed by atoms with Crippen LogP contribution in [0.3, 0.4) is 0 Å². The Morgan fingerprint density at radius 3 is 2.76 bits per heavy atom. The van der Waals surface area contributed by atoms with Gasteiger partial charge in [-0.05, 0) is 24.6 Å². The van der Waals surface area contributed by atoms with Gasteiger partial charge in [-0.1, -0.05) is 22.0 Å². The summed E-state index contributed by atoms with van der Waals surface area (Å²) in [4.78, 5) is 14.9. The van der Waals surface area contributed by atoms with Crippen LogP contribution in [0.2, 0.25) is 0 Å². The third-order valence-electron chi connectivity index (χ3n) is 3.63. The fourth-order valence-corrected chi connectivity index (χ4v) is 3.26. The van der Waals surface area contributed by atoms with Crippen LogP contribution in [-0.2, 0) is 0 Å². The Hall–Kier alpha value is -1.23. The Balaban J connectivity index is 1.80. The second-order valence-corrected chi connectivity index (χ2v) is 5.53. The molecule has 0 radical (unpaired) electrons. The monoisotopic (exact) mass is 296 g/mol. The Labute approximate surface area is 108 Å². The molecule has 0 aromatic heterocycles. The van der Waals surface area contributed by atoms with Crippen molar-refractivity contribution in [3.8, 4) is 0 Å². The predicted octanol–water partition coefficient (Wildman–Crippen LogP) is 2.39. The van der Waals surface area contributed by atoms with Gasteiger partial charge in [-0.2, -0.15) is 0 Å². The van der Waals surface area contributed by atoms with Crippen LogP contribution in [0.25, 0.3) is 0 Å². The molecule has 2 fully saturated rings. The van der Waals surface area contributed by atoms with E-state index in [1.165, 1.54) is 5.69 Å². The minimum absolute atomic E-state index is 0.163. The number of fused-ring (bicyclic) bond motifs is 2. The molecule has 2 heterocycles. The number of hydrogen-bond donors (Lipinski definition) is 1. The van der Waals surface area contributed by atoms with Gasteiger partial charge in [0.15, 0.2) is 0 Å². The Morgan fingerprint density at radius 1 is 1.35 bits per heavy atom. The van der Waals surface area contributed by atoms with Crippen LogP contribution in [0.5, 0.6) is 0 Å².